The third-order valence-electron chi connectivity index (χ3n) is 3.16. The Balaban J connectivity index is -0.000000365. The number of ether oxygens (including phenoxy) is 3. The first kappa shape index (κ1) is 34.0. The van der Waals surface area contributed by atoms with Crippen LogP contribution in [0.1, 0.15) is 39.2 Å². The zero-order chi connectivity index (χ0) is 26.1. The molecule has 1 rings (SSSR count). The van der Waals surface area contributed by atoms with Crippen molar-refractivity contribution >= 4 is 24.0 Å². The summed E-state index contributed by atoms with van der Waals surface area (Å²) in [5.41, 5.74) is 2.02. The molecule has 0 aliphatic heterocycles. The molecule has 0 saturated heterocycles. The maximum Gasteiger partial charge on any atom is 0.333 e. The van der Waals surface area contributed by atoms with Gasteiger partial charge in [-0.05, 0) is 25.8 Å². The van der Waals surface area contributed by atoms with Crippen molar-refractivity contribution in [2.75, 3.05) is 20.3 Å². The van der Waals surface area contributed by atoms with E-state index in [0.29, 0.717) is 17.8 Å². The minimum absolute atomic E-state index is 0.256. The average molecular weight is 459 g/mol. The van der Waals surface area contributed by atoms with Crippen molar-refractivity contribution in [3.63, 3.8) is 0 Å². The van der Waals surface area contributed by atoms with E-state index in [1.165, 1.54) is 24.8 Å². The monoisotopic (exact) mass is 458 g/mol. The zero-order valence-electron chi connectivity index (χ0n) is 20.4. The molecule has 1 aromatic rings. The summed E-state index contributed by atoms with van der Waals surface area (Å²) in [6.45, 7) is 23.1. The van der Waals surface area contributed by atoms with Crippen LogP contribution >= 0.6 is 0 Å². The Morgan fingerprint density at radius 3 is 1.76 bits per heavy atom. The molecule has 182 valence electrons. The van der Waals surface area contributed by atoms with Crippen LogP contribution in [0.25, 0.3) is 6.08 Å². The molecule has 1 aromatic carbocycles. The number of carbonyl (C=O) groups is 3. The van der Waals surface area contributed by atoms with Crippen LogP contribution in [0.5, 0.6) is 0 Å². The van der Waals surface area contributed by atoms with E-state index in [1.54, 1.807) is 13.8 Å². The predicted molar refractivity (Wildman–Crippen MR) is 135 cm³/mol. The third kappa shape index (κ3) is 26.3. The van der Waals surface area contributed by atoms with Crippen molar-refractivity contribution in [3.8, 4) is 0 Å². The molecule has 0 amide bonds. The normalized spacial score (nSPS) is 8.24. The molecule has 0 saturated carbocycles. The van der Waals surface area contributed by atoms with E-state index < -0.39 is 0 Å². The summed E-state index contributed by atoms with van der Waals surface area (Å²) < 4.78 is 13.5. The first-order valence-electron chi connectivity index (χ1n) is 10.2. The van der Waals surface area contributed by atoms with Crippen molar-refractivity contribution in [1.82, 2.24) is 0 Å². The Kier molecular flexibility index (Phi) is 25.3. The minimum atomic E-state index is -0.366. The van der Waals surface area contributed by atoms with Gasteiger partial charge in [-0.25, -0.2) is 14.4 Å². The molecular weight excluding hydrogens is 420 g/mol. The maximum atomic E-state index is 10.5. The topological polar surface area (TPSA) is 78.9 Å². The largest absolute Gasteiger partial charge is 0.466 e. The first-order chi connectivity index (χ1) is 15.6. The van der Waals surface area contributed by atoms with Crippen LogP contribution in [0.2, 0.25) is 0 Å². The fraction of sp³-hybridized carbons (Fsp3) is 0.296. The van der Waals surface area contributed by atoms with Gasteiger partial charge < -0.3 is 14.2 Å². The lowest BCUT2D eigenvalue weighted by atomic mass is 10.2. The SMILES string of the molecule is C=C(C)C(=O)OC.C=CC(=O)OCCCC.C=CCOC(=O)C(=C)C.C=Cc1ccccc1. The second kappa shape index (κ2) is 24.6. The molecule has 0 N–H and O–H groups in total. The summed E-state index contributed by atoms with van der Waals surface area (Å²) in [5, 5.41) is 0. The van der Waals surface area contributed by atoms with E-state index >= 15 is 0 Å². The van der Waals surface area contributed by atoms with Crippen molar-refractivity contribution in [2.45, 2.75) is 33.6 Å². The highest BCUT2D eigenvalue weighted by Gasteiger charge is 1.98. The molecule has 0 heterocycles. The van der Waals surface area contributed by atoms with Crippen LogP contribution in [0.3, 0.4) is 0 Å². The average Bonchev–Trinajstić information content (AvgIpc) is 2.83. The highest BCUT2D eigenvalue weighted by Crippen LogP contribution is 1.97. The van der Waals surface area contributed by atoms with Gasteiger partial charge in [-0.1, -0.05) is 88.7 Å². The Hall–Kier alpha value is -3.67. The van der Waals surface area contributed by atoms with Gasteiger partial charge in [0.1, 0.15) is 6.61 Å². The summed E-state index contributed by atoms with van der Waals surface area (Å²) in [7, 11) is 1.33. The van der Waals surface area contributed by atoms with E-state index in [2.05, 4.69) is 47.1 Å². The van der Waals surface area contributed by atoms with Crippen molar-refractivity contribution in [1.29, 1.82) is 0 Å². The summed E-state index contributed by atoms with van der Waals surface area (Å²) >= 11 is 0. The van der Waals surface area contributed by atoms with E-state index in [1.807, 2.05) is 43.3 Å². The van der Waals surface area contributed by atoms with Gasteiger partial charge in [0.2, 0.25) is 0 Å². The molecule has 6 heteroatoms. The Labute approximate surface area is 198 Å². The third-order valence-corrected chi connectivity index (χ3v) is 3.16. The number of esters is 3. The summed E-state index contributed by atoms with van der Waals surface area (Å²) in [6.07, 6.45) is 6.50. The molecule has 0 fully saturated rings. The van der Waals surface area contributed by atoms with Crippen LogP contribution in [0.15, 0.2) is 86.5 Å². The molecule has 0 atom stereocenters. The molecule has 0 spiro atoms. The maximum absolute atomic E-state index is 10.5. The van der Waals surface area contributed by atoms with Gasteiger partial charge in [0, 0.05) is 17.2 Å². The van der Waals surface area contributed by atoms with Gasteiger partial charge in [0.15, 0.2) is 0 Å². The number of carbonyl (C=O) groups excluding carboxylic acids is 3. The van der Waals surface area contributed by atoms with Gasteiger partial charge in [0.25, 0.3) is 0 Å². The summed E-state index contributed by atoms with van der Waals surface area (Å²) in [4.78, 5) is 31.1. The molecule has 6 nitrogen and oxygen atoms in total. The Morgan fingerprint density at radius 1 is 0.909 bits per heavy atom. The standard InChI is InChI=1S/C8H8.C7H10O2.C7H12O2.C5H8O2/c1-2-8-6-4-3-5-7-8;1-4-5-9-7(8)6(2)3;1-3-5-6-9-7(8)4-2;1-4(2)5(6)7-3/h2-7H,1H2;4H,1-2,5H2,3H3;4H,2-3,5-6H2,1H3;1H2,2-3H3. The lowest BCUT2D eigenvalue weighted by Gasteiger charge is -1.97. The molecule has 0 aromatic heterocycles. The zero-order valence-corrected chi connectivity index (χ0v) is 20.4. The van der Waals surface area contributed by atoms with Crippen LogP contribution in [0, 0.1) is 0 Å². The van der Waals surface area contributed by atoms with Gasteiger partial charge in [-0.15, -0.1) is 0 Å². The molecule has 0 aliphatic carbocycles. The van der Waals surface area contributed by atoms with Crippen molar-refractivity contribution in [2.24, 2.45) is 0 Å². The molecule has 0 radical (unpaired) electrons. The fourth-order valence-corrected chi connectivity index (χ4v) is 1.40. The number of hydrogen-bond donors (Lipinski definition) is 0. The van der Waals surface area contributed by atoms with Crippen LogP contribution in [-0.4, -0.2) is 38.2 Å². The fourth-order valence-electron chi connectivity index (χ4n) is 1.40. The molecule has 0 bridgehead atoms. The van der Waals surface area contributed by atoms with Crippen LogP contribution in [0.4, 0.5) is 0 Å². The van der Waals surface area contributed by atoms with E-state index in [9.17, 15) is 14.4 Å². The number of hydrogen-bond acceptors (Lipinski definition) is 6. The minimum Gasteiger partial charge on any atom is -0.466 e. The number of methoxy groups -OCH3 is 1. The van der Waals surface area contributed by atoms with Crippen LogP contribution in [-0.2, 0) is 28.6 Å². The predicted octanol–water partition coefficient (Wildman–Crippen LogP) is 5.87. The Bertz CT molecular complexity index is 747. The number of benzene rings is 1. The highest BCUT2D eigenvalue weighted by atomic mass is 16.5. The smallest absolute Gasteiger partial charge is 0.333 e. The van der Waals surface area contributed by atoms with E-state index in [0.717, 1.165) is 12.8 Å². The Morgan fingerprint density at radius 2 is 1.45 bits per heavy atom. The summed E-state index contributed by atoms with van der Waals surface area (Å²) in [6, 6.07) is 10.0. The number of rotatable bonds is 9. The summed E-state index contributed by atoms with van der Waals surface area (Å²) in [5.74, 6) is -1.04. The molecule has 0 unspecified atom stereocenters. The van der Waals surface area contributed by atoms with E-state index in [4.69, 9.17) is 0 Å². The van der Waals surface area contributed by atoms with E-state index in [-0.39, 0.29) is 24.5 Å². The second-order valence-corrected chi connectivity index (χ2v) is 6.28. The highest BCUT2D eigenvalue weighted by molar-refractivity contribution is 5.87. The van der Waals surface area contributed by atoms with Gasteiger partial charge in [-0.3, -0.25) is 0 Å². The molecular formula is C27H38O6. The first-order valence-corrected chi connectivity index (χ1v) is 10.2. The number of unbranched alkanes of at least 4 members (excludes halogenated alkanes) is 1. The van der Waals surface area contributed by atoms with Gasteiger partial charge >= 0.3 is 17.9 Å². The molecule has 33 heavy (non-hydrogen) atoms. The quantitative estimate of drug-likeness (QED) is 0.151. The van der Waals surface area contributed by atoms with Crippen molar-refractivity contribution in [3.05, 3.63) is 92.1 Å². The van der Waals surface area contributed by atoms with Crippen molar-refractivity contribution < 1.29 is 28.6 Å². The molecule has 0 aliphatic rings. The lowest BCUT2D eigenvalue weighted by molar-refractivity contribution is -0.138. The second-order valence-electron chi connectivity index (χ2n) is 6.28. The van der Waals surface area contributed by atoms with Gasteiger partial charge in [-0.2, -0.15) is 0 Å². The van der Waals surface area contributed by atoms with Crippen LogP contribution < -0.4 is 0 Å². The van der Waals surface area contributed by atoms with Gasteiger partial charge in [0.05, 0.1) is 13.7 Å². The lowest BCUT2D eigenvalue weighted by Crippen LogP contribution is -2.03.